The molecule has 0 radical (unpaired) electrons. The van der Waals surface area contributed by atoms with E-state index >= 15 is 0 Å². The molecule has 0 saturated heterocycles. The SMILES string of the molecule is c1cc2c(cn1)[nH]c1ccc(Cc3ccc4c(c3)CCCO4)cc12. The topological polar surface area (TPSA) is 37.9 Å². The molecule has 1 aliphatic rings. The van der Waals surface area contributed by atoms with Crippen LogP contribution in [0.4, 0.5) is 0 Å². The minimum atomic E-state index is 0.846. The molecule has 2 aromatic heterocycles. The Morgan fingerprint density at radius 3 is 2.88 bits per heavy atom. The van der Waals surface area contributed by atoms with E-state index in [9.17, 15) is 0 Å². The molecular weight excluding hydrogens is 296 g/mol. The third-order valence-corrected chi connectivity index (χ3v) is 4.85. The molecule has 0 bridgehead atoms. The summed E-state index contributed by atoms with van der Waals surface area (Å²) in [5.74, 6) is 1.06. The van der Waals surface area contributed by atoms with Crippen LogP contribution in [0.5, 0.6) is 5.75 Å². The zero-order valence-electron chi connectivity index (χ0n) is 13.4. The van der Waals surface area contributed by atoms with Gasteiger partial charge >= 0.3 is 0 Å². The first kappa shape index (κ1) is 13.6. The van der Waals surface area contributed by atoms with E-state index in [1.165, 1.54) is 33.0 Å². The second-order valence-corrected chi connectivity index (χ2v) is 6.50. The molecule has 1 aliphatic heterocycles. The summed E-state index contributed by atoms with van der Waals surface area (Å²) in [4.78, 5) is 7.63. The Balaban J connectivity index is 1.53. The largest absolute Gasteiger partial charge is 0.493 e. The molecule has 0 atom stereocenters. The Bertz CT molecular complexity index is 1050. The number of H-pyrrole nitrogens is 1. The van der Waals surface area contributed by atoms with Crippen molar-refractivity contribution in [2.75, 3.05) is 6.61 Å². The van der Waals surface area contributed by atoms with Gasteiger partial charge in [0.05, 0.1) is 18.3 Å². The molecule has 118 valence electrons. The van der Waals surface area contributed by atoms with Crippen molar-refractivity contribution in [3.05, 3.63) is 71.5 Å². The minimum Gasteiger partial charge on any atom is -0.493 e. The molecule has 0 aliphatic carbocycles. The van der Waals surface area contributed by atoms with E-state index in [0.29, 0.717) is 0 Å². The van der Waals surface area contributed by atoms with Crippen LogP contribution in [0, 0.1) is 0 Å². The van der Waals surface area contributed by atoms with E-state index in [1.807, 2.05) is 12.4 Å². The Hall–Kier alpha value is -2.81. The van der Waals surface area contributed by atoms with Gasteiger partial charge in [0.15, 0.2) is 0 Å². The highest BCUT2D eigenvalue weighted by molar-refractivity contribution is 6.07. The third-order valence-electron chi connectivity index (χ3n) is 4.85. The van der Waals surface area contributed by atoms with E-state index in [4.69, 9.17) is 4.74 Å². The van der Waals surface area contributed by atoms with Gasteiger partial charge in [-0.3, -0.25) is 4.98 Å². The fourth-order valence-electron chi connectivity index (χ4n) is 3.67. The van der Waals surface area contributed by atoms with Crippen LogP contribution >= 0.6 is 0 Å². The second-order valence-electron chi connectivity index (χ2n) is 6.50. The van der Waals surface area contributed by atoms with Crippen molar-refractivity contribution in [2.24, 2.45) is 0 Å². The standard InChI is InChI=1S/C21H18N2O/c1-2-16-11-14(4-6-21(16)24-9-1)10-15-3-5-19-18(12-15)17-7-8-22-13-20(17)23-19/h3-8,11-13,23H,1-2,9-10H2. The maximum absolute atomic E-state index is 5.71. The second kappa shape index (κ2) is 5.38. The molecule has 3 nitrogen and oxygen atoms in total. The number of pyridine rings is 1. The highest BCUT2D eigenvalue weighted by atomic mass is 16.5. The summed E-state index contributed by atoms with van der Waals surface area (Å²) in [5.41, 5.74) is 6.28. The third kappa shape index (κ3) is 2.24. The van der Waals surface area contributed by atoms with E-state index in [-0.39, 0.29) is 0 Å². The summed E-state index contributed by atoms with van der Waals surface area (Å²) in [6, 6.07) is 15.4. The summed E-state index contributed by atoms with van der Waals surface area (Å²) in [6.45, 7) is 0.846. The highest BCUT2D eigenvalue weighted by Gasteiger charge is 2.11. The molecule has 0 saturated carbocycles. The van der Waals surface area contributed by atoms with Crippen molar-refractivity contribution in [1.29, 1.82) is 0 Å². The first-order chi connectivity index (χ1) is 11.9. The van der Waals surface area contributed by atoms with Crippen LogP contribution in [0.25, 0.3) is 21.8 Å². The summed E-state index contributed by atoms with van der Waals surface area (Å²) in [6.07, 6.45) is 6.93. The maximum Gasteiger partial charge on any atom is 0.122 e. The van der Waals surface area contributed by atoms with Gasteiger partial charge in [-0.25, -0.2) is 0 Å². The van der Waals surface area contributed by atoms with Gasteiger partial charge in [0.1, 0.15) is 5.75 Å². The van der Waals surface area contributed by atoms with Gasteiger partial charge in [0.2, 0.25) is 0 Å². The molecule has 3 heteroatoms. The number of hydrogen-bond donors (Lipinski definition) is 1. The van der Waals surface area contributed by atoms with Crippen LogP contribution in [-0.4, -0.2) is 16.6 Å². The molecule has 1 N–H and O–H groups in total. The lowest BCUT2D eigenvalue weighted by molar-refractivity contribution is 0.288. The van der Waals surface area contributed by atoms with E-state index in [1.54, 1.807) is 0 Å². The maximum atomic E-state index is 5.71. The van der Waals surface area contributed by atoms with Crippen LogP contribution in [0.3, 0.4) is 0 Å². The summed E-state index contributed by atoms with van der Waals surface area (Å²) in [7, 11) is 0. The minimum absolute atomic E-state index is 0.846. The van der Waals surface area contributed by atoms with Crippen LogP contribution in [-0.2, 0) is 12.8 Å². The lowest BCUT2D eigenvalue weighted by atomic mass is 9.98. The van der Waals surface area contributed by atoms with Gasteiger partial charge in [-0.15, -0.1) is 0 Å². The fourth-order valence-corrected chi connectivity index (χ4v) is 3.67. The van der Waals surface area contributed by atoms with Crippen molar-refractivity contribution < 1.29 is 4.74 Å². The van der Waals surface area contributed by atoms with Crippen LogP contribution < -0.4 is 4.74 Å². The molecule has 24 heavy (non-hydrogen) atoms. The number of benzene rings is 2. The Morgan fingerprint density at radius 2 is 1.88 bits per heavy atom. The van der Waals surface area contributed by atoms with Crippen LogP contribution in [0.15, 0.2) is 54.9 Å². The normalized spacial score (nSPS) is 13.8. The van der Waals surface area contributed by atoms with Crippen molar-refractivity contribution in [3.63, 3.8) is 0 Å². The Morgan fingerprint density at radius 1 is 0.958 bits per heavy atom. The van der Waals surface area contributed by atoms with Gasteiger partial charge < -0.3 is 9.72 Å². The average Bonchev–Trinajstić information content (AvgIpc) is 3.00. The molecule has 0 spiro atoms. The number of nitrogens with zero attached hydrogens (tertiary/aromatic N) is 1. The first-order valence-corrected chi connectivity index (χ1v) is 8.46. The average molecular weight is 314 g/mol. The van der Waals surface area contributed by atoms with Gasteiger partial charge in [-0.05, 0) is 60.2 Å². The van der Waals surface area contributed by atoms with E-state index < -0.39 is 0 Å². The lowest BCUT2D eigenvalue weighted by Gasteiger charge is -2.17. The molecule has 5 rings (SSSR count). The molecule has 4 aromatic rings. The molecule has 0 fully saturated rings. The number of ether oxygens (including phenoxy) is 1. The number of aryl methyl sites for hydroxylation is 1. The Kier molecular flexibility index (Phi) is 3.05. The molecule has 2 aromatic carbocycles. The number of nitrogens with one attached hydrogen (secondary N) is 1. The zero-order chi connectivity index (χ0) is 15.9. The molecule has 0 unspecified atom stereocenters. The smallest absolute Gasteiger partial charge is 0.122 e. The van der Waals surface area contributed by atoms with Crippen LogP contribution in [0.1, 0.15) is 23.1 Å². The van der Waals surface area contributed by atoms with Crippen LogP contribution in [0.2, 0.25) is 0 Å². The number of fused-ring (bicyclic) bond motifs is 4. The predicted octanol–water partition coefficient (Wildman–Crippen LogP) is 4.63. The predicted molar refractivity (Wildman–Crippen MR) is 96.7 cm³/mol. The van der Waals surface area contributed by atoms with Gasteiger partial charge in [-0.2, -0.15) is 0 Å². The number of rotatable bonds is 2. The Labute approximate surface area is 140 Å². The van der Waals surface area contributed by atoms with Crippen molar-refractivity contribution in [3.8, 4) is 5.75 Å². The lowest BCUT2D eigenvalue weighted by Crippen LogP contribution is -2.08. The first-order valence-electron chi connectivity index (χ1n) is 8.46. The zero-order valence-corrected chi connectivity index (χ0v) is 13.4. The quantitative estimate of drug-likeness (QED) is 0.585. The van der Waals surface area contributed by atoms with Gasteiger partial charge in [0.25, 0.3) is 0 Å². The highest BCUT2D eigenvalue weighted by Crippen LogP contribution is 2.29. The van der Waals surface area contributed by atoms with E-state index in [2.05, 4.69) is 52.4 Å². The van der Waals surface area contributed by atoms with E-state index in [0.717, 1.165) is 37.1 Å². The van der Waals surface area contributed by atoms with Gasteiger partial charge in [0, 0.05) is 22.5 Å². The van der Waals surface area contributed by atoms with Crippen molar-refractivity contribution in [1.82, 2.24) is 9.97 Å². The summed E-state index contributed by atoms with van der Waals surface area (Å²) < 4.78 is 5.71. The number of aromatic nitrogens is 2. The van der Waals surface area contributed by atoms with Crippen molar-refractivity contribution >= 4 is 21.8 Å². The number of hydrogen-bond acceptors (Lipinski definition) is 2. The summed E-state index contributed by atoms with van der Waals surface area (Å²) >= 11 is 0. The number of aromatic amines is 1. The molecule has 0 amide bonds. The fraction of sp³-hybridized carbons (Fsp3) is 0.190. The molecule has 3 heterocycles. The summed E-state index contributed by atoms with van der Waals surface area (Å²) in [5, 5.41) is 2.51. The monoisotopic (exact) mass is 314 g/mol. The van der Waals surface area contributed by atoms with Crippen molar-refractivity contribution in [2.45, 2.75) is 19.3 Å². The van der Waals surface area contributed by atoms with Gasteiger partial charge in [-0.1, -0.05) is 18.2 Å². The molecular formula is C21H18N2O.